The van der Waals surface area contributed by atoms with Gasteiger partial charge in [0, 0.05) is 18.7 Å². The lowest BCUT2D eigenvalue weighted by Gasteiger charge is -2.23. The van der Waals surface area contributed by atoms with Crippen molar-refractivity contribution < 1.29 is 32.3 Å². The third kappa shape index (κ3) is 5.48. The van der Waals surface area contributed by atoms with E-state index in [0.29, 0.717) is 0 Å². The highest BCUT2D eigenvalue weighted by Crippen LogP contribution is 2.19. The van der Waals surface area contributed by atoms with Crippen LogP contribution in [0.25, 0.3) is 0 Å². The second-order valence-corrected chi connectivity index (χ2v) is 7.41. The molecule has 0 saturated heterocycles. The quantitative estimate of drug-likeness (QED) is 0.564. The lowest BCUT2D eigenvalue weighted by molar-refractivity contribution is -0.163. The van der Waals surface area contributed by atoms with Gasteiger partial charge in [-0.15, -0.1) is 0 Å². The maximum absolute atomic E-state index is 12.4. The van der Waals surface area contributed by atoms with Crippen LogP contribution in [0.15, 0.2) is 29.2 Å². The number of Topliss-reactive ketones (excluding diaryl/α,β-unsaturated/α-hetero) is 1. The predicted molar refractivity (Wildman–Crippen MR) is 80.7 cm³/mol. The maximum atomic E-state index is 12.4. The minimum Gasteiger partial charge on any atom is -0.454 e. The van der Waals surface area contributed by atoms with Crippen LogP contribution in [0.1, 0.15) is 31.1 Å². The van der Waals surface area contributed by atoms with E-state index in [2.05, 4.69) is 4.74 Å². The van der Waals surface area contributed by atoms with E-state index >= 15 is 0 Å². The monoisotopic (exact) mass is 342 g/mol. The van der Waals surface area contributed by atoms with E-state index in [0.717, 1.165) is 13.2 Å². The average Bonchev–Trinajstić information content (AvgIpc) is 2.43. The van der Waals surface area contributed by atoms with Gasteiger partial charge in [0.25, 0.3) is 0 Å². The molecule has 0 aliphatic carbocycles. The molecule has 0 heterocycles. The molecule has 0 radical (unpaired) electrons. The Morgan fingerprint density at radius 1 is 1.09 bits per heavy atom. The van der Waals surface area contributed by atoms with Crippen LogP contribution in [0, 0.1) is 0 Å². The van der Waals surface area contributed by atoms with Crippen molar-refractivity contribution in [3.8, 4) is 0 Å². The van der Waals surface area contributed by atoms with Gasteiger partial charge in [0.15, 0.2) is 22.0 Å². The van der Waals surface area contributed by atoms with Crippen LogP contribution in [-0.4, -0.2) is 44.6 Å². The van der Waals surface area contributed by atoms with Crippen LogP contribution in [0.4, 0.5) is 0 Å². The number of ether oxygens (including phenoxy) is 2. The fourth-order valence-electron chi connectivity index (χ4n) is 1.72. The van der Waals surface area contributed by atoms with Gasteiger partial charge in [0.05, 0.1) is 4.90 Å². The Bertz CT molecular complexity index is 715. The van der Waals surface area contributed by atoms with Crippen molar-refractivity contribution in [1.29, 1.82) is 0 Å². The Morgan fingerprint density at radius 2 is 1.61 bits per heavy atom. The summed E-state index contributed by atoms with van der Waals surface area (Å²) in [6, 6.07) is 5.30. The van der Waals surface area contributed by atoms with Gasteiger partial charge in [-0.05, 0) is 38.1 Å². The van der Waals surface area contributed by atoms with Crippen molar-refractivity contribution in [3.63, 3.8) is 0 Å². The third-order valence-electron chi connectivity index (χ3n) is 2.85. The highest BCUT2D eigenvalue weighted by Gasteiger charge is 2.33. The molecule has 0 unspecified atom stereocenters. The van der Waals surface area contributed by atoms with Gasteiger partial charge in [-0.3, -0.25) is 9.59 Å². The van der Waals surface area contributed by atoms with E-state index in [1.807, 2.05) is 0 Å². The Labute approximate surface area is 134 Å². The highest BCUT2D eigenvalue weighted by atomic mass is 32.2. The molecule has 0 aromatic heterocycles. The van der Waals surface area contributed by atoms with Crippen molar-refractivity contribution in [2.45, 2.75) is 31.3 Å². The molecular weight excluding hydrogens is 324 g/mol. The first-order valence-electron chi connectivity index (χ1n) is 6.63. The lowest BCUT2D eigenvalue weighted by Crippen LogP contribution is -2.38. The zero-order valence-corrected chi connectivity index (χ0v) is 14.1. The molecule has 126 valence electrons. The number of benzene rings is 1. The maximum Gasteiger partial charge on any atom is 0.345 e. The van der Waals surface area contributed by atoms with E-state index in [1.165, 1.54) is 38.1 Å². The number of ketones is 1. The van der Waals surface area contributed by atoms with Crippen molar-refractivity contribution >= 4 is 27.6 Å². The molecule has 0 spiro atoms. The van der Waals surface area contributed by atoms with Crippen molar-refractivity contribution in [1.82, 2.24) is 0 Å². The van der Waals surface area contributed by atoms with Crippen LogP contribution in [0.5, 0.6) is 0 Å². The molecule has 0 aliphatic rings. The Balaban J connectivity index is 2.86. The fraction of sp³-hybridized carbons (Fsp3) is 0.400. The van der Waals surface area contributed by atoms with Crippen LogP contribution in [-0.2, 0) is 28.9 Å². The molecule has 1 rings (SSSR count). The largest absolute Gasteiger partial charge is 0.454 e. The number of carbonyl (C=O) groups excluding carboxylic acids is 3. The average molecular weight is 342 g/mol. The van der Waals surface area contributed by atoms with Gasteiger partial charge in [0.1, 0.15) is 0 Å². The first kappa shape index (κ1) is 18.8. The number of carbonyl (C=O) groups is 3. The molecule has 0 fully saturated rings. The predicted octanol–water partition coefficient (Wildman–Crippen LogP) is 1.16. The van der Waals surface area contributed by atoms with E-state index < -0.39 is 39.8 Å². The summed E-state index contributed by atoms with van der Waals surface area (Å²) in [6.07, 6.45) is 1.06. The second kappa shape index (κ2) is 6.91. The van der Waals surface area contributed by atoms with E-state index in [1.54, 1.807) is 0 Å². The number of rotatable bonds is 6. The van der Waals surface area contributed by atoms with Crippen LogP contribution in [0.3, 0.4) is 0 Å². The van der Waals surface area contributed by atoms with Crippen LogP contribution in [0.2, 0.25) is 0 Å². The number of hydrogen-bond acceptors (Lipinski definition) is 7. The minimum absolute atomic E-state index is 0.0821. The van der Waals surface area contributed by atoms with Gasteiger partial charge in [0.2, 0.25) is 5.78 Å². The molecule has 1 aromatic rings. The lowest BCUT2D eigenvalue weighted by atomic mass is 9.96. The van der Waals surface area contributed by atoms with Gasteiger partial charge < -0.3 is 9.47 Å². The van der Waals surface area contributed by atoms with Gasteiger partial charge >= 0.3 is 11.9 Å². The Morgan fingerprint density at radius 3 is 2.04 bits per heavy atom. The summed E-state index contributed by atoms with van der Waals surface area (Å²) in [6.45, 7) is 3.35. The summed E-state index contributed by atoms with van der Waals surface area (Å²) in [5.74, 6) is -2.00. The molecule has 0 atom stereocenters. The SMILES string of the molecule is CC(=O)OCC(=O)OC(C)(C)C(=O)c1ccc(S(C)(=O)=O)cc1. The topological polar surface area (TPSA) is 104 Å². The zero-order valence-electron chi connectivity index (χ0n) is 13.3. The number of sulfone groups is 1. The van der Waals surface area contributed by atoms with Crippen molar-refractivity contribution in [2.75, 3.05) is 12.9 Å². The number of esters is 2. The van der Waals surface area contributed by atoms with Crippen LogP contribution < -0.4 is 0 Å². The molecule has 0 amide bonds. The molecular formula is C15H18O7S. The molecule has 1 aromatic carbocycles. The molecule has 23 heavy (non-hydrogen) atoms. The number of hydrogen-bond donors (Lipinski definition) is 0. The summed E-state index contributed by atoms with van der Waals surface area (Å²) in [7, 11) is -3.36. The highest BCUT2D eigenvalue weighted by molar-refractivity contribution is 7.90. The molecule has 0 N–H and O–H groups in total. The van der Waals surface area contributed by atoms with E-state index in [9.17, 15) is 22.8 Å². The second-order valence-electron chi connectivity index (χ2n) is 5.39. The molecule has 0 bridgehead atoms. The first-order valence-corrected chi connectivity index (χ1v) is 8.53. The Hall–Kier alpha value is -2.22. The van der Waals surface area contributed by atoms with Gasteiger partial charge in [-0.2, -0.15) is 0 Å². The normalized spacial score (nSPS) is 11.7. The van der Waals surface area contributed by atoms with Crippen molar-refractivity contribution in [3.05, 3.63) is 29.8 Å². The summed E-state index contributed by atoms with van der Waals surface area (Å²) in [5, 5.41) is 0. The molecule has 8 heteroatoms. The third-order valence-corrected chi connectivity index (χ3v) is 3.98. The fourth-order valence-corrected chi connectivity index (χ4v) is 2.35. The first-order chi connectivity index (χ1) is 10.4. The minimum atomic E-state index is -3.36. The molecule has 7 nitrogen and oxygen atoms in total. The van der Waals surface area contributed by atoms with Crippen LogP contribution >= 0.6 is 0 Å². The summed E-state index contributed by atoms with van der Waals surface area (Å²) in [4.78, 5) is 34.6. The molecule has 0 saturated carbocycles. The standard InChI is InChI=1S/C15H18O7S/c1-10(16)21-9-13(17)22-15(2,3)14(18)11-5-7-12(8-6-11)23(4,19)20/h5-8H,9H2,1-4H3. The summed E-state index contributed by atoms with van der Waals surface area (Å²) >= 11 is 0. The van der Waals surface area contributed by atoms with E-state index in [4.69, 9.17) is 4.74 Å². The Kier molecular flexibility index (Phi) is 5.65. The summed E-state index contributed by atoms with van der Waals surface area (Å²) in [5.41, 5.74) is -1.29. The summed E-state index contributed by atoms with van der Waals surface area (Å²) < 4.78 is 32.3. The van der Waals surface area contributed by atoms with Crippen molar-refractivity contribution in [2.24, 2.45) is 0 Å². The zero-order chi connectivity index (χ0) is 17.8. The smallest absolute Gasteiger partial charge is 0.345 e. The van der Waals surface area contributed by atoms with Gasteiger partial charge in [-0.25, -0.2) is 13.2 Å². The van der Waals surface area contributed by atoms with Gasteiger partial charge in [-0.1, -0.05) is 0 Å². The van der Waals surface area contributed by atoms with E-state index in [-0.39, 0.29) is 10.5 Å². The molecule has 0 aliphatic heterocycles.